The minimum atomic E-state index is -0.834. The summed E-state index contributed by atoms with van der Waals surface area (Å²) in [6.45, 7) is 16.6. The van der Waals surface area contributed by atoms with Crippen molar-refractivity contribution in [3.8, 4) is 0 Å². The number of esters is 1. The number of unbranched alkanes of at least 4 members (excludes halogenated alkanes) is 1. The van der Waals surface area contributed by atoms with Crippen LogP contribution in [0.4, 0.5) is 4.79 Å². The Kier molecular flexibility index (Phi) is 19.4. The minimum absolute atomic E-state index is 0.0528. The number of amides is 2. The molecule has 0 saturated heterocycles. The first-order valence-electron chi connectivity index (χ1n) is 16.7. The van der Waals surface area contributed by atoms with Crippen molar-refractivity contribution in [1.29, 1.82) is 0 Å². The third kappa shape index (κ3) is 20.0. The van der Waals surface area contributed by atoms with Gasteiger partial charge < -0.3 is 31.6 Å². The smallest absolute Gasteiger partial charge is 0.407 e. The molecule has 0 saturated carbocycles. The van der Waals surface area contributed by atoms with Gasteiger partial charge in [-0.05, 0) is 91.0 Å². The number of amidine groups is 1. The SMILES string of the molecule is Cc1ccc(COC(=O)[C@@H](CC(=O)[C@@H](CCCN=C(N)CP(C)C)NC(=O)[C@H](N)CCCCNC(=O)OC(C)(C)C)CC(C)C)cc1. The molecule has 266 valence electrons. The summed E-state index contributed by atoms with van der Waals surface area (Å²) in [5.74, 6) is -0.998. The molecule has 2 amide bonds. The Hall–Kier alpha value is -3.04. The van der Waals surface area contributed by atoms with Crippen molar-refractivity contribution in [3.05, 3.63) is 35.4 Å². The summed E-state index contributed by atoms with van der Waals surface area (Å²) in [5.41, 5.74) is 13.6. The second-order valence-electron chi connectivity index (χ2n) is 13.9. The van der Waals surface area contributed by atoms with Crippen LogP contribution in [0.2, 0.25) is 0 Å². The second-order valence-corrected chi connectivity index (χ2v) is 16.4. The number of nitrogens with two attached hydrogens (primary N) is 2. The molecular formula is C35H60N5O6P. The molecule has 3 atom stereocenters. The topological polar surface area (TPSA) is 175 Å². The highest BCUT2D eigenvalue weighted by atomic mass is 31.1. The molecule has 0 aliphatic carbocycles. The van der Waals surface area contributed by atoms with Crippen LogP contribution in [0.1, 0.15) is 90.7 Å². The number of ether oxygens (including phenoxy) is 2. The van der Waals surface area contributed by atoms with E-state index in [1.807, 2.05) is 45.0 Å². The maximum atomic E-state index is 13.7. The fourth-order valence-corrected chi connectivity index (χ4v) is 5.53. The van der Waals surface area contributed by atoms with Crippen LogP contribution in [0, 0.1) is 18.8 Å². The number of aryl methyl sites for hydroxylation is 1. The molecule has 11 nitrogen and oxygen atoms in total. The highest BCUT2D eigenvalue weighted by Crippen LogP contribution is 2.23. The molecule has 12 heteroatoms. The van der Waals surface area contributed by atoms with Crippen molar-refractivity contribution >= 4 is 37.5 Å². The molecule has 0 aliphatic heterocycles. The Morgan fingerprint density at radius 3 is 2.26 bits per heavy atom. The van der Waals surface area contributed by atoms with Crippen molar-refractivity contribution in [2.24, 2.45) is 28.3 Å². The summed E-state index contributed by atoms with van der Waals surface area (Å²) in [6, 6.07) is 6.08. The van der Waals surface area contributed by atoms with E-state index in [-0.39, 0.29) is 32.7 Å². The molecule has 1 aromatic carbocycles. The fraction of sp³-hybridized carbons (Fsp3) is 0.686. The van der Waals surface area contributed by atoms with Crippen LogP contribution in [0.15, 0.2) is 29.3 Å². The number of aliphatic imine (C=N–C) groups is 1. The monoisotopic (exact) mass is 677 g/mol. The number of hydrogen-bond acceptors (Lipinski definition) is 8. The number of carbonyl (C=O) groups excluding carboxylic acids is 4. The van der Waals surface area contributed by atoms with Gasteiger partial charge in [0.2, 0.25) is 5.91 Å². The maximum Gasteiger partial charge on any atom is 0.407 e. The Morgan fingerprint density at radius 1 is 1.00 bits per heavy atom. The van der Waals surface area contributed by atoms with Gasteiger partial charge in [-0.25, -0.2) is 4.79 Å². The first kappa shape index (κ1) is 42.0. The number of nitrogens with one attached hydrogen (secondary N) is 2. The molecule has 0 fully saturated rings. The van der Waals surface area contributed by atoms with Crippen LogP contribution in [0.3, 0.4) is 0 Å². The largest absolute Gasteiger partial charge is 0.461 e. The number of rotatable bonds is 21. The summed E-state index contributed by atoms with van der Waals surface area (Å²) in [7, 11) is -0.215. The Balaban J connectivity index is 2.86. The van der Waals surface area contributed by atoms with Crippen LogP contribution < -0.4 is 22.1 Å². The average molecular weight is 678 g/mol. The molecule has 0 aromatic heterocycles. The first-order chi connectivity index (χ1) is 22.0. The number of hydrogen-bond donors (Lipinski definition) is 4. The van der Waals surface area contributed by atoms with Gasteiger partial charge in [0.05, 0.1) is 23.8 Å². The lowest BCUT2D eigenvalue weighted by Crippen LogP contribution is -2.49. The highest BCUT2D eigenvalue weighted by Gasteiger charge is 2.30. The molecule has 1 rings (SSSR count). The van der Waals surface area contributed by atoms with E-state index in [4.69, 9.17) is 20.9 Å². The quantitative estimate of drug-likeness (QED) is 0.0460. The third-order valence-electron chi connectivity index (χ3n) is 7.13. The molecule has 0 radical (unpaired) electrons. The lowest BCUT2D eigenvalue weighted by molar-refractivity contribution is -0.152. The lowest BCUT2D eigenvalue weighted by Gasteiger charge is -2.23. The van der Waals surface area contributed by atoms with Gasteiger partial charge in [-0.15, -0.1) is 7.92 Å². The number of ketones is 1. The molecule has 0 unspecified atom stereocenters. The molecule has 0 bridgehead atoms. The Morgan fingerprint density at radius 2 is 1.66 bits per heavy atom. The van der Waals surface area contributed by atoms with Crippen LogP contribution in [-0.4, -0.2) is 79.9 Å². The highest BCUT2D eigenvalue weighted by molar-refractivity contribution is 7.57. The van der Waals surface area contributed by atoms with E-state index < -0.39 is 41.6 Å². The van der Waals surface area contributed by atoms with E-state index >= 15 is 0 Å². The van der Waals surface area contributed by atoms with Crippen molar-refractivity contribution in [2.45, 2.75) is 111 Å². The predicted molar refractivity (Wildman–Crippen MR) is 191 cm³/mol. The van der Waals surface area contributed by atoms with E-state index in [0.29, 0.717) is 57.5 Å². The van der Waals surface area contributed by atoms with Gasteiger partial charge in [-0.2, -0.15) is 0 Å². The van der Waals surface area contributed by atoms with Crippen LogP contribution >= 0.6 is 7.92 Å². The zero-order valence-electron chi connectivity index (χ0n) is 29.9. The molecule has 47 heavy (non-hydrogen) atoms. The van der Waals surface area contributed by atoms with Gasteiger partial charge in [0.15, 0.2) is 5.78 Å². The normalized spacial score (nSPS) is 14.0. The molecule has 6 N–H and O–H groups in total. The van der Waals surface area contributed by atoms with Gasteiger partial charge in [0.1, 0.15) is 12.2 Å². The molecule has 0 spiro atoms. The predicted octanol–water partition coefficient (Wildman–Crippen LogP) is 5.05. The number of carbonyl (C=O) groups is 4. The van der Waals surface area contributed by atoms with Crippen LogP contribution in [0.25, 0.3) is 0 Å². The third-order valence-corrected chi connectivity index (χ3v) is 8.09. The number of alkyl carbamates (subject to hydrolysis) is 1. The van der Waals surface area contributed by atoms with E-state index in [1.54, 1.807) is 20.8 Å². The number of Topliss-reactive ketones (excluding diaryl/α,β-unsaturated/α-hetero) is 1. The van der Waals surface area contributed by atoms with Crippen molar-refractivity contribution in [3.63, 3.8) is 0 Å². The van der Waals surface area contributed by atoms with E-state index in [2.05, 4.69) is 29.0 Å². The summed E-state index contributed by atoms with van der Waals surface area (Å²) in [4.78, 5) is 56.2. The molecule has 0 aliphatic rings. The molecule has 1 aromatic rings. The molecule has 0 heterocycles. The molecular weight excluding hydrogens is 617 g/mol. The maximum absolute atomic E-state index is 13.7. The Labute approximate surface area is 283 Å². The van der Waals surface area contributed by atoms with Crippen molar-refractivity contribution in [1.82, 2.24) is 10.6 Å². The van der Waals surface area contributed by atoms with Crippen LogP contribution in [-0.2, 0) is 30.5 Å². The number of nitrogens with zero attached hydrogens (tertiary/aromatic N) is 1. The fourth-order valence-electron chi connectivity index (χ4n) is 4.78. The average Bonchev–Trinajstić information content (AvgIpc) is 2.95. The lowest BCUT2D eigenvalue weighted by atomic mass is 9.89. The van der Waals surface area contributed by atoms with Gasteiger partial charge in [-0.1, -0.05) is 43.7 Å². The summed E-state index contributed by atoms with van der Waals surface area (Å²) in [5, 5.41) is 5.54. The van der Waals surface area contributed by atoms with E-state index in [1.165, 1.54) is 0 Å². The van der Waals surface area contributed by atoms with Gasteiger partial charge in [0, 0.05) is 25.7 Å². The zero-order chi connectivity index (χ0) is 35.6. The standard InChI is InChI=1S/C35H60N5O6P/c1-24(2)20-27(33(43)45-22-26-16-14-25(3)15-17-26)21-30(41)29(13-11-19-38-31(37)23-47(7)8)40-32(42)28(36)12-9-10-18-39-34(44)46-35(4,5)6/h14-17,24,27-29H,9-13,18-23,36H2,1-8H3,(H2,37,38)(H,39,44)(H,40,42)/t27-,28-,29-/m1/s1. The van der Waals surface area contributed by atoms with Gasteiger partial charge in [-0.3, -0.25) is 19.4 Å². The minimum Gasteiger partial charge on any atom is -0.461 e. The number of benzene rings is 1. The van der Waals surface area contributed by atoms with Crippen molar-refractivity contribution in [2.75, 3.05) is 32.6 Å². The summed E-state index contributed by atoms with van der Waals surface area (Å²) in [6.07, 6.45) is 3.14. The Bertz CT molecular complexity index is 1150. The van der Waals surface area contributed by atoms with Crippen LogP contribution in [0.5, 0.6) is 0 Å². The summed E-state index contributed by atoms with van der Waals surface area (Å²) >= 11 is 0. The summed E-state index contributed by atoms with van der Waals surface area (Å²) < 4.78 is 10.9. The van der Waals surface area contributed by atoms with E-state index in [0.717, 1.165) is 17.3 Å². The van der Waals surface area contributed by atoms with Gasteiger partial charge >= 0.3 is 12.1 Å². The zero-order valence-corrected chi connectivity index (χ0v) is 30.8. The van der Waals surface area contributed by atoms with E-state index in [9.17, 15) is 19.2 Å². The van der Waals surface area contributed by atoms with Gasteiger partial charge in [0.25, 0.3) is 0 Å². The first-order valence-corrected chi connectivity index (χ1v) is 19.1. The second kappa shape index (κ2) is 21.8. The van der Waals surface area contributed by atoms with Crippen molar-refractivity contribution < 1.29 is 28.7 Å².